The lowest BCUT2D eigenvalue weighted by Gasteiger charge is -2.37. The minimum absolute atomic E-state index is 0. The second-order valence-electron chi connectivity index (χ2n) is 7.45. The molecular formula is C17H34IN3O2S. The van der Waals surface area contributed by atoms with E-state index < -0.39 is 9.84 Å². The van der Waals surface area contributed by atoms with Gasteiger partial charge >= 0.3 is 0 Å². The molecule has 0 bridgehead atoms. The van der Waals surface area contributed by atoms with Crippen LogP contribution >= 0.6 is 24.0 Å². The molecule has 0 saturated carbocycles. The monoisotopic (exact) mass is 471 g/mol. The van der Waals surface area contributed by atoms with Crippen molar-refractivity contribution in [1.82, 2.24) is 10.2 Å². The molecule has 2 unspecified atom stereocenters. The molecule has 2 fully saturated rings. The molecule has 1 N–H and O–H groups in total. The molecule has 0 aromatic rings. The molecular weight excluding hydrogens is 437 g/mol. The summed E-state index contributed by atoms with van der Waals surface area (Å²) in [5, 5.41) is 3.47. The smallest absolute Gasteiger partial charge is 0.193 e. The van der Waals surface area contributed by atoms with E-state index in [1.165, 1.54) is 12.8 Å². The average Bonchev–Trinajstić information content (AvgIpc) is 2.86. The van der Waals surface area contributed by atoms with Crippen LogP contribution in [0.2, 0.25) is 0 Å². The Bertz CT molecular complexity index is 508. The van der Waals surface area contributed by atoms with Crippen molar-refractivity contribution < 1.29 is 8.42 Å². The van der Waals surface area contributed by atoms with E-state index in [0.717, 1.165) is 44.4 Å². The summed E-state index contributed by atoms with van der Waals surface area (Å²) in [5.74, 6) is 3.26. The Balaban J connectivity index is 0.00000288. The molecule has 7 heteroatoms. The third-order valence-corrected chi connectivity index (χ3v) is 6.90. The van der Waals surface area contributed by atoms with Gasteiger partial charge in [0.15, 0.2) is 15.8 Å². The standard InChI is InChI=1S/C17H33N3O2S.HI/c1-4-8-18-17(19-11-15-7-10-23(21,22)13-15)20-9-5-6-16(12-20)14(2)3;/h14-16H,4-13H2,1-3H3,(H,18,19);1H. The molecule has 0 aromatic heterocycles. The number of halogens is 1. The third kappa shape index (κ3) is 6.69. The van der Waals surface area contributed by atoms with E-state index in [-0.39, 0.29) is 29.9 Å². The summed E-state index contributed by atoms with van der Waals surface area (Å²) in [6, 6.07) is 0. The van der Waals surface area contributed by atoms with Crippen molar-refractivity contribution in [3.8, 4) is 0 Å². The van der Waals surface area contributed by atoms with Crippen LogP contribution in [0.3, 0.4) is 0 Å². The van der Waals surface area contributed by atoms with Gasteiger partial charge in [0, 0.05) is 26.2 Å². The summed E-state index contributed by atoms with van der Waals surface area (Å²) >= 11 is 0. The Hall–Kier alpha value is -0.0500. The fraction of sp³-hybridized carbons (Fsp3) is 0.941. The van der Waals surface area contributed by atoms with E-state index in [0.29, 0.717) is 24.0 Å². The molecule has 2 heterocycles. The summed E-state index contributed by atoms with van der Waals surface area (Å²) < 4.78 is 23.2. The SMILES string of the molecule is CCCNC(=NCC1CCS(=O)(=O)C1)N1CCCC(C(C)C)C1.I. The quantitative estimate of drug-likeness (QED) is 0.381. The Labute approximate surface area is 165 Å². The maximum atomic E-state index is 11.6. The van der Waals surface area contributed by atoms with Crippen LogP contribution in [0, 0.1) is 17.8 Å². The van der Waals surface area contributed by atoms with Gasteiger partial charge in [0.1, 0.15) is 0 Å². The maximum absolute atomic E-state index is 11.6. The molecule has 2 rings (SSSR count). The van der Waals surface area contributed by atoms with Crippen LogP contribution in [0.5, 0.6) is 0 Å². The first kappa shape index (κ1) is 22.0. The number of nitrogens with one attached hydrogen (secondary N) is 1. The molecule has 0 aliphatic carbocycles. The van der Waals surface area contributed by atoms with Crippen LogP contribution in [0.25, 0.3) is 0 Å². The number of likely N-dealkylation sites (tertiary alicyclic amines) is 1. The van der Waals surface area contributed by atoms with Gasteiger partial charge in [-0.3, -0.25) is 4.99 Å². The number of sulfone groups is 1. The van der Waals surface area contributed by atoms with Crippen LogP contribution in [-0.4, -0.2) is 57.0 Å². The van der Waals surface area contributed by atoms with Crippen molar-refractivity contribution in [2.75, 3.05) is 37.7 Å². The van der Waals surface area contributed by atoms with Crippen LogP contribution < -0.4 is 5.32 Å². The van der Waals surface area contributed by atoms with E-state index in [1.54, 1.807) is 0 Å². The normalized spacial score (nSPS) is 27.2. The predicted octanol–water partition coefficient (Wildman–Crippen LogP) is 2.76. The summed E-state index contributed by atoms with van der Waals surface area (Å²) in [6.45, 7) is 10.4. The second-order valence-corrected chi connectivity index (χ2v) is 9.68. The lowest BCUT2D eigenvalue weighted by molar-refractivity contribution is 0.206. The van der Waals surface area contributed by atoms with Gasteiger partial charge in [-0.1, -0.05) is 20.8 Å². The highest BCUT2D eigenvalue weighted by molar-refractivity contribution is 14.0. The summed E-state index contributed by atoms with van der Waals surface area (Å²) in [4.78, 5) is 7.18. The largest absolute Gasteiger partial charge is 0.356 e. The predicted molar refractivity (Wildman–Crippen MR) is 112 cm³/mol. The van der Waals surface area contributed by atoms with Gasteiger partial charge in [-0.25, -0.2) is 8.42 Å². The van der Waals surface area contributed by atoms with Crippen molar-refractivity contribution in [1.29, 1.82) is 0 Å². The van der Waals surface area contributed by atoms with Gasteiger partial charge in [0.2, 0.25) is 0 Å². The molecule has 0 amide bonds. The first-order valence-corrected chi connectivity index (χ1v) is 11.0. The summed E-state index contributed by atoms with van der Waals surface area (Å²) in [6.07, 6.45) is 4.35. The number of piperidine rings is 1. The van der Waals surface area contributed by atoms with Gasteiger partial charge in [0.25, 0.3) is 0 Å². The van der Waals surface area contributed by atoms with Gasteiger partial charge < -0.3 is 10.2 Å². The lowest BCUT2D eigenvalue weighted by atomic mass is 9.88. The maximum Gasteiger partial charge on any atom is 0.193 e. The molecule has 2 atom stereocenters. The molecule has 2 saturated heterocycles. The molecule has 142 valence electrons. The van der Waals surface area contributed by atoms with E-state index >= 15 is 0 Å². The van der Waals surface area contributed by atoms with E-state index in [9.17, 15) is 8.42 Å². The number of hydrogen-bond acceptors (Lipinski definition) is 3. The lowest BCUT2D eigenvalue weighted by Crippen LogP contribution is -2.48. The Morgan fingerprint density at radius 2 is 2.08 bits per heavy atom. The van der Waals surface area contributed by atoms with Crippen molar-refractivity contribution in [2.45, 2.75) is 46.5 Å². The van der Waals surface area contributed by atoms with Crippen molar-refractivity contribution in [2.24, 2.45) is 22.7 Å². The molecule has 0 spiro atoms. The van der Waals surface area contributed by atoms with E-state index in [1.807, 2.05) is 0 Å². The van der Waals surface area contributed by atoms with Crippen molar-refractivity contribution in [3.63, 3.8) is 0 Å². The van der Waals surface area contributed by atoms with Crippen molar-refractivity contribution >= 4 is 39.8 Å². The first-order chi connectivity index (χ1) is 10.9. The molecule has 5 nitrogen and oxygen atoms in total. The molecule has 2 aliphatic rings. The van der Waals surface area contributed by atoms with Crippen LogP contribution in [0.1, 0.15) is 46.5 Å². The minimum Gasteiger partial charge on any atom is -0.356 e. The molecule has 0 radical (unpaired) electrons. The third-order valence-electron chi connectivity index (χ3n) is 5.06. The zero-order chi connectivity index (χ0) is 16.9. The minimum atomic E-state index is -2.81. The Morgan fingerprint density at radius 3 is 2.67 bits per heavy atom. The van der Waals surface area contributed by atoms with Crippen LogP contribution in [0.15, 0.2) is 4.99 Å². The van der Waals surface area contributed by atoms with Crippen LogP contribution in [0.4, 0.5) is 0 Å². The van der Waals surface area contributed by atoms with E-state index in [4.69, 9.17) is 4.99 Å². The first-order valence-electron chi connectivity index (χ1n) is 9.15. The molecule has 24 heavy (non-hydrogen) atoms. The zero-order valence-corrected chi connectivity index (χ0v) is 18.5. The van der Waals surface area contributed by atoms with Gasteiger partial charge in [-0.2, -0.15) is 0 Å². The van der Waals surface area contributed by atoms with Gasteiger partial charge in [-0.15, -0.1) is 24.0 Å². The Kier molecular flexibility index (Phi) is 9.33. The molecule has 0 aromatic carbocycles. The fourth-order valence-electron chi connectivity index (χ4n) is 3.48. The van der Waals surface area contributed by atoms with Crippen LogP contribution in [-0.2, 0) is 9.84 Å². The summed E-state index contributed by atoms with van der Waals surface area (Å²) in [7, 11) is -2.81. The fourth-order valence-corrected chi connectivity index (χ4v) is 5.33. The highest BCUT2D eigenvalue weighted by Gasteiger charge is 2.28. The zero-order valence-electron chi connectivity index (χ0n) is 15.3. The number of rotatable bonds is 5. The molecule has 2 aliphatic heterocycles. The number of nitrogens with zero attached hydrogens (tertiary/aromatic N) is 2. The second kappa shape index (κ2) is 10.2. The van der Waals surface area contributed by atoms with Gasteiger partial charge in [0.05, 0.1) is 11.5 Å². The average molecular weight is 471 g/mol. The number of guanidine groups is 1. The topological polar surface area (TPSA) is 61.8 Å². The highest BCUT2D eigenvalue weighted by Crippen LogP contribution is 2.24. The van der Waals surface area contributed by atoms with Crippen molar-refractivity contribution in [3.05, 3.63) is 0 Å². The number of aliphatic imine (C=N–C) groups is 1. The number of hydrogen-bond donors (Lipinski definition) is 1. The van der Waals surface area contributed by atoms with E-state index in [2.05, 4.69) is 31.0 Å². The highest BCUT2D eigenvalue weighted by atomic mass is 127. The van der Waals surface area contributed by atoms with Gasteiger partial charge in [-0.05, 0) is 43.4 Å². The summed E-state index contributed by atoms with van der Waals surface area (Å²) in [5.41, 5.74) is 0. The Morgan fingerprint density at radius 1 is 1.33 bits per heavy atom.